The van der Waals surface area contributed by atoms with Gasteiger partial charge in [-0.1, -0.05) is 46.8 Å². The van der Waals surface area contributed by atoms with Crippen LogP contribution in [-0.4, -0.2) is 6.72 Å². The summed E-state index contributed by atoms with van der Waals surface area (Å²) in [5.41, 5.74) is 1.25. The highest BCUT2D eigenvalue weighted by Crippen LogP contribution is 1.88. The van der Waals surface area contributed by atoms with Gasteiger partial charge < -0.3 is 0 Å². The maximum absolute atomic E-state index is 3.67. The molecule has 0 saturated heterocycles. The third-order valence-corrected chi connectivity index (χ3v) is 0.733. The number of hydrogen-bond donors (Lipinski definition) is 0. The summed E-state index contributed by atoms with van der Waals surface area (Å²) in [5, 5.41) is 0. The largest absolute Gasteiger partial charge is 0.273 e. The predicted molar refractivity (Wildman–Crippen MR) is 67.5 cm³/mol. The maximum Gasteiger partial charge on any atom is 0.0188 e. The molecular weight excluding hydrogens is 158 g/mol. The van der Waals surface area contributed by atoms with Crippen molar-refractivity contribution < 1.29 is 0 Å². The summed E-state index contributed by atoms with van der Waals surface area (Å²) in [4.78, 5) is 3.25. The van der Waals surface area contributed by atoms with E-state index < -0.39 is 0 Å². The standard InChI is InChI=1S/C5H10.C3H5N.2C2H6/c1-4-5(2)3;1-3-4-2;2*1-2/h2,4H2,1,3H3;3H,1-2H2;2*1-2H3. The fourth-order valence-corrected chi connectivity index (χ4v) is 0. The van der Waals surface area contributed by atoms with Crippen LogP contribution in [0.4, 0.5) is 0 Å². The van der Waals surface area contributed by atoms with Gasteiger partial charge in [0.15, 0.2) is 0 Å². The minimum atomic E-state index is 1.11. The topological polar surface area (TPSA) is 12.4 Å². The lowest BCUT2D eigenvalue weighted by Gasteiger charge is -1.79. The number of nitrogens with zero attached hydrogens (tertiary/aromatic N) is 1. The SMILES string of the molecule is C=C(C)CC.C=CN=C.CC.CC. The highest BCUT2D eigenvalue weighted by atomic mass is 14.6. The molecule has 0 radical (unpaired) electrons. The second kappa shape index (κ2) is 43.3. The van der Waals surface area contributed by atoms with Gasteiger partial charge in [0.05, 0.1) is 0 Å². The Bertz CT molecular complexity index is 87.3. The van der Waals surface area contributed by atoms with Crippen LogP contribution >= 0.6 is 0 Å². The van der Waals surface area contributed by atoms with E-state index in [2.05, 4.69) is 31.8 Å². The molecule has 0 bridgehead atoms. The maximum atomic E-state index is 3.67. The highest BCUT2D eigenvalue weighted by Gasteiger charge is 1.67. The molecule has 0 rings (SSSR count). The summed E-state index contributed by atoms with van der Waals surface area (Å²) in [6.07, 6.45) is 2.50. The average Bonchev–Trinajstić information content (AvgIpc) is 2.24. The van der Waals surface area contributed by atoms with Gasteiger partial charge >= 0.3 is 0 Å². The van der Waals surface area contributed by atoms with Crippen LogP contribution in [0.3, 0.4) is 0 Å². The van der Waals surface area contributed by atoms with Crippen LogP contribution in [-0.2, 0) is 0 Å². The van der Waals surface area contributed by atoms with Crippen molar-refractivity contribution in [2.45, 2.75) is 48.0 Å². The Labute approximate surface area is 85.3 Å². The molecule has 80 valence electrons. The summed E-state index contributed by atoms with van der Waals surface area (Å²) < 4.78 is 0. The van der Waals surface area contributed by atoms with Gasteiger partial charge in [-0.3, -0.25) is 4.99 Å². The summed E-state index contributed by atoms with van der Waals surface area (Å²) in [6, 6.07) is 0. The minimum absolute atomic E-state index is 1.11. The van der Waals surface area contributed by atoms with Gasteiger partial charge in [-0.15, -0.1) is 6.58 Å². The van der Waals surface area contributed by atoms with E-state index >= 15 is 0 Å². The van der Waals surface area contributed by atoms with Crippen molar-refractivity contribution in [2.24, 2.45) is 4.99 Å². The zero-order chi connectivity index (χ0) is 11.7. The molecule has 0 aliphatic rings. The lowest BCUT2D eigenvalue weighted by molar-refractivity contribution is 1.11. The van der Waals surface area contributed by atoms with E-state index in [0.29, 0.717) is 0 Å². The fraction of sp³-hybridized carbons (Fsp3) is 0.583. The first-order valence-corrected chi connectivity index (χ1v) is 4.90. The molecule has 1 nitrogen and oxygen atoms in total. The highest BCUT2D eigenvalue weighted by molar-refractivity contribution is 5.24. The number of allylic oxidation sites excluding steroid dienone is 1. The molecule has 0 fully saturated rings. The second-order valence-corrected chi connectivity index (χ2v) is 1.68. The molecule has 0 N–H and O–H groups in total. The lowest BCUT2D eigenvalue weighted by atomic mass is 10.3. The molecule has 0 aromatic carbocycles. The van der Waals surface area contributed by atoms with E-state index in [4.69, 9.17) is 0 Å². The molecular formula is C12H27N. The van der Waals surface area contributed by atoms with Gasteiger partial charge in [0.25, 0.3) is 0 Å². The van der Waals surface area contributed by atoms with E-state index in [-0.39, 0.29) is 0 Å². The Morgan fingerprint density at radius 2 is 1.38 bits per heavy atom. The van der Waals surface area contributed by atoms with E-state index in [1.165, 1.54) is 11.8 Å². The molecule has 0 spiro atoms. The molecule has 0 heterocycles. The van der Waals surface area contributed by atoms with Gasteiger partial charge in [0, 0.05) is 6.20 Å². The Kier molecular flexibility index (Phi) is 75.8. The van der Waals surface area contributed by atoms with Crippen molar-refractivity contribution >= 4 is 6.72 Å². The van der Waals surface area contributed by atoms with Gasteiger partial charge in [-0.25, -0.2) is 0 Å². The molecule has 0 saturated carbocycles. The molecule has 0 amide bonds. The van der Waals surface area contributed by atoms with Gasteiger partial charge in [-0.2, -0.15) is 0 Å². The molecule has 0 aromatic rings. The van der Waals surface area contributed by atoms with Crippen LogP contribution in [0.1, 0.15) is 48.0 Å². The monoisotopic (exact) mass is 185 g/mol. The number of rotatable bonds is 2. The first-order valence-electron chi connectivity index (χ1n) is 4.90. The summed E-state index contributed by atoms with van der Waals surface area (Å²) in [7, 11) is 0. The normalized spacial score (nSPS) is 5.38. The Balaban J connectivity index is -0.0000000457. The van der Waals surface area contributed by atoms with E-state index in [1.54, 1.807) is 0 Å². The molecule has 13 heavy (non-hydrogen) atoms. The third kappa shape index (κ3) is 202. The second-order valence-electron chi connectivity index (χ2n) is 1.68. The first-order chi connectivity index (χ1) is 6.18. The smallest absolute Gasteiger partial charge is 0.0188 e. The van der Waals surface area contributed by atoms with Crippen LogP contribution in [0.15, 0.2) is 29.9 Å². The first kappa shape index (κ1) is 22.7. The zero-order valence-electron chi connectivity index (χ0n) is 10.4. The minimum Gasteiger partial charge on any atom is -0.273 e. The average molecular weight is 185 g/mol. The molecule has 0 aliphatic heterocycles. The van der Waals surface area contributed by atoms with Gasteiger partial charge in [0.2, 0.25) is 0 Å². The van der Waals surface area contributed by atoms with E-state index in [9.17, 15) is 0 Å². The summed E-state index contributed by atoms with van der Waals surface area (Å²) >= 11 is 0. The van der Waals surface area contributed by atoms with Crippen LogP contribution in [0.2, 0.25) is 0 Å². The molecule has 0 aromatic heterocycles. The van der Waals surface area contributed by atoms with Crippen molar-refractivity contribution in [2.75, 3.05) is 0 Å². The fourth-order valence-electron chi connectivity index (χ4n) is 0. The quantitative estimate of drug-likeness (QED) is 0.430. The molecule has 1 heteroatoms. The van der Waals surface area contributed by atoms with Crippen molar-refractivity contribution in [3.63, 3.8) is 0 Å². The van der Waals surface area contributed by atoms with Gasteiger partial charge in [0.1, 0.15) is 0 Å². The lowest BCUT2D eigenvalue weighted by Crippen LogP contribution is -1.58. The summed E-state index contributed by atoms with van der Waals surface area (Å²) in [6.45, 7) is 22.2. The van der Waals surface area contributed by atoms with Crippen molar-refractivity contribution in [1.82, 2.24) is 0 Å². The molecule has 0 unspecified atom stereocenters. The zero-order valence-corrected chi connectivity index (χ0v) is 10.4. The summed E-state index contributed by atoms with van der Waals surface area (Å²) in [5.74, 6) is 0. The van der Waals surface area contributed by atoms with Crippen LogP contribution in [0.25, 0.3) is 0 Å². The third-order valence-electron chi connectivity index (χ3n) is 0.733. The molecule has 0 atom stereocenters. The predicted octanol–water partition coefficient (Wildman–Crippen LogP) is 4.86. The van der Waals surface area contributed by atoms with Crippen LogP contribution < -0.4 is 0 Å². The van der Waals surface area contributed by atoms with Gasteiger partial charge in [-0.05, 0) is 20.1 Å². The number of aliphatic imine (C=N–C) groups is 1. The Morgan fingerprint density at radius 1 is 1.23 bits per heavy atom. The van der Waals surface area contributed by atoms with Crippen molar-refractivity contribution in [3.8, 4) is 0 Å². The van der Waals surface area contributed by atoms with Crippen LogP contribution in [0, 0.1) is 0 Å². The Hall–Kier alpha value is -0.850. The van der Waals surface area contributed by atoms with E-state index in [1.807, 2.05) is 34.6 Å². The van der Waals surface area contributed by atoms with Crippen molar-refractivity contribution in [1.29, 1.82) is 0 Å². The Morgan fingerprint density at radius 3 is 1.38 bits per heavy atom. The molecule has 0 aliphatic carbocycles. The van der Waals surface area contributed by atoms with Crippen molar-refractivity contribution in [3.05, 3.63) is 24.9 Å². The van der Waals surface area contributed by atoms with E-state index in [0.717, 1.165) is 6.42 Å². The van der Waals surface area contributed by atoms with Crippen LogP contribution in [0.5, 0.6) is 0 Å². The number of hydrogen-bond acceptors (Lipinski definition) is 1.